The summed E-state index contributed by atoms with van der Waals surface area (Å²) in [6.07, 6.45) is 1.29. The SMILES string of the molecule is COc1ccc([C@H](N)[C@H](O)C2CC2)cc1[N+](=O)[O-]. The number of hydrogen-bond acceptors (Lipinski definition) is 5. The summed E-state index contributed by atoms with van der Waals surface area (Å²) in [6.45, 7) is 0. The minimum absolute atomic E-state index is 0.131. The minimum Gasteiger partial charge on any atom is -0.490 e. The van der Waals surface area contributed by atoms with E-state index >= 15 is 0 Å². The normalized spacial score (nSPS) is 18.2. The van der Waals surface area contributed by atoms with Gasteiger partial charge in [0.25, 0.3) is 0 Å². The maximum Gasteiger partial charge on any atom is 0.311 e. The summed E-state index contributed by atoms with van der Waals surface area (Å²) in [5, 5.41) is 20.8. The molecule has 98 valence electrons. The zero-order valence-electron chi connectivity index (χ0n) is 10.1. The molecule has 6 nitrogen and oxygen atoms in total. The maximum absolute atomic E-state index is 10.9. The first-order valence-corrected chi connectivity index (χ1v) is 5.80. The predicted molar refractivity (Wildman–Crippen MR) is 65.3 cm³/mol. The first-order chi connectivity index (χ1) is 8.54. The van der Waals surface area contributed by atoms with Crippen molar-refractivity contribution in [1.29, 1.82) is 0 Å². The molecule has 0 spiro atoms. The molecule has 2 rings (SSSR count). The summed E-state index contributed by atoms with van der Waals surface area (Å²) in [5.41, 5.74) is 6.35. The Morgan fingerprint density at radius 3 is 2.72 bits per heavy atom. The standard InChI is InChI=1S/C12H16N2O4/c1-18-10-5-4-8(6-9(10)14(16)17)11(13)12(15)7-2-3-7/h4-7,11-12,15H,2-3,13H2,1H3/t11-,12+/m0/s1. The fourth-order valence-electron chi connectivity index (χ4n) is 1.99. The highest BCUT2D eigenvalue weighted by Crippen LogP contribution is 2.38. The number of nitro benzene ring substituents is 1. The van der Waals surface area contributed by atoms with Crippen molar-refractivity contribution in [3.63, 3.8) is 0 Å². The molecule has 0 radical (unpaired) electrons. The van der Waals surface area contributed by atoms with Gasteiger partial charge < -0.3 is 15.6 Å². The van der Waals surface area contributed by atoms with E-state index in [0.717, 1.165) is 12.8 Å². The Labute approximate surface area is 105 Å². The lowest BCUT2D eigenvalue weighted by molar-refractivity contribution is -0.385. The topological polar surface area (TPSA) is 98.6 Å². The molecule has 1 aliphatic carbocycles. The molecule has 6 heteroatoms. The van der Waals surface area contributed by atoms with Gasteiger partial charge in [-0.1, -0.05) is 6.07 Å². The van der Waals surface area contributed by atoms with Crippen molar-refractivity contribution in [3.8, 4) is 5.75 Å². The molecule has 0 saturated heterocycles. The predicted octanol–water partition coefficient (Wildman–Crippen LogP) is 1.37. The van der Waals surface area contributed by atoms with Gasteiger partial charge in [0.05, 0.1) is 24.2 Å². The van der Waals surface area contributed by atoms with E-state index in [1.54, 1.807) is 6.07 Å². The quantitative estimate of drug-likeness (QED) is 0.609. The zero-order chi connectivity index (χ0) is 13.3. The second-order valence-electron chi connectivity index (χ2n) is 4.54. The molecule has 1 aliphatic rings. The number of hydrogen-bond donors (Lipinski definition) is 2. The lowest BCUT2D eigenvalue weighted by Crippen LogP contribution is -2.27. The third-order valence-corrected chi connectivity index (χ3v) is 3.26. The Morgan fingerprint density at radius 1 is 1.56 bits per heavy atom. The van der Waals surface area contributed by atoms with Crippen LogP contribution in [0.3, 0.4) is 0 Å². The number of methoxy groups -OCH3 is 1. The van der Waals surface area contributed by atoms with E-state index in [1.165, 1.54) is 19.2 Å². The van der Waals surface area contributed by atoms with Crippen molar-refractivity contribution in [3.05, 3.63) is 33.9 Å². The molecular weight excluding hydrogens is 236 g/mol. The van der Waals surface area contributed by atoms with E-state index in [0.29, 0.717) is 5.56 Å². The van der Waals surface area contributed by atoms with Crippen LogP contribution >= 0.6 is 0 Å². The first kappa shape index (κ1) is 12.8. The lowest BCUT2D eigenvalue weighted by Gasteiger charge is -2.18. The zero-order valence-corrected chi connectivity index (χ0v) is 10.1. The van der Waals surface area contributed by atoms with Gasteiger partial charge in [-0.25, -0.2) is 0 Å². The van der Waals surface area contributed by atoms with Crippen molar-refractivity contribution >= 4 is 5.69 Å². The third kappa shape index (κ3) is 2.44. The molecule has 0 unspecified atom stereocenters. The van der Waals surface area contributed by atoms with Gasteiger partial charge in [0.15, 0.2) is 5.75 Å². The van der Waals surface area contributed by atoms with Gasteiger partial charge in [-0.15, -0.1) is 0 Å². The van der Waals surface area contributed by atoms with Crippen LogP contribution in [0.15, 0.2) is 18.2 Å². The van der Waals surface area contributed by atoms with Crippen molar-refractivity contribution in [1.82, 2.24) is 0 Å². The number of nitro groups is 1. The van der Waals surface area contributed by atoms with Crippen LogP contribution < -0.4 is 10.5 Å². The molecule has 18 heavy (non-hydrogen) atoms. The molecule has 0 heterocycles. The van der Waals surface area contributed by atoms with E-state index in [1.807, 2.05) is 0 Å². The Kier molecular flexibility index (Phi) is 3.49. The van der Waals surface area contributed by atoms with Crippen molar-refractivity contribution in [2.75, 3.05) is 7.11 Å². The molecule has 0 bridgehead atoms. The number of ether oxygens (including phenoxy) is 1. The van der Waals surface area contributed by atoms with E-state index in [4.69, 9.17) is 10.5 Å². The number of rotatable bonds is 5. The summed E-state index contributed by atoms with van der Waals surface area (Å²) < 4.78 is 4.92. The van der Waals surface area contributed by atoms with Crippen LogP contribution in [0.1, 0.15) is 24.4 Å². The van der Waals surface area contributed by atoms with Gasteiger partial charge in [-0.2, -0.15) is 0 Å². The fraction of sp³-hybridized carbons (Fsp3) is 0.500. The third-order valence-electron chi connectivity index (χ3n) is 3.26. The van der Waals surface area contributed by atoms with Gasteiger partial charge in [0, 0.05) is 6.07 Å². The summed E-state index contributed by atoms with van der Waals surface area (Å²) in [4.78, 5) is 10.4. The molecule has 3 N–H and O–H groups in total. The van der Waals surface area contributed by atoms with Gasteiger partial charge in [-0.3, -0.25) is 10.1 Å². The van der Waals surface area contributed by atoms with Gasteiger partial charge in [0.2, 0.25) is 0 Å². The Morgan fingerprint density at radius 2 is 2.22 bits per heavy atom. The first-order valence-electron chi connectivity index (χ1n) is 5.80. The van der Waals surface area contributed by atoms with E-state index in [-0.39, 0.29) is 17.4 Å². The van der Waals surface area contributed by atoms with Crippen LogP contribution in [0, 0.1) is 16.0 Å². The Balaban J connectivity index is 2.27. The average Bonchev–Trinajstić information content (AvgIpc) is 3.20. The van der Waals surface area contributed by atoms with Crippen LogP contribution in [-0.4, -0.2) is 23.2 Å². The highest BCUT2D eigenvalue weighted by molar-refractivity contribution is 5.49. The largest absolute Gasteiger partial charge is 0.490 e. The molecule has 0 amide bonds. The van der Waals surface area contributed by atoms with Gasteiger partial charge >= 0.3 is 5.69 Å². The van der Waals surface area contributed by atoms with Crippen LogP contribution in [0.2, 0.25) is 0 Å². The van der Waals surface area contributed by atoms with Crippen molar-refractivity contribution in [2.24, 2.45) is 11.7 Å². The number of nitrogens with zero attached hydrogens (tertiary/aromatic N) is 1. The number of benzene rings is 1. The molecular formula is C12H16N2O4. The summed E-state index contributed by atoms with van der Waals surface area (Å²) in [5.74, 6) is 0.415. The molecule has 0 aliphatic heterocycles. The second kappa shape index (κ2) is 4.91. The number of aliphatic hydroxyl groups is 1. The van der Waals surface area contributed by atoms with E-state index in [9.17, 15) is 15.2 Å². The molecule has 1 saturated carbocycles. The smallest absolute Gasteiger partial charge is 0.311 e. The Hall–Kier alpha value is -1.66. The maximum atomic E-state index is 10.9. The van der Waals surface area contributed by atoms with Crippen LogP contribution in [-0.2, 0) is 0 Å². The molecule has 1 fully saturated rings. The lowest BCUT2D eigenvalue weighted by atomic mass is 9.98. The molecule has 0 aromatic heterocycles. The summed E-state index contributed by atoms with van der Waals surface area (Å²) in [7, 11) is 1.38. The number of nitrogens with two attached hydrogens (primary N) is 1. The average molecular weight is 252 g/mol. The highest BCUT2D eigenvalue weighted by atomic mass is 16.6. The minimum atomic E-state index is -0.641. The van der Waals surface area contributed by atoms with Gasteiger partial charge in [-0.05, 0) is 30.4 Å². The summed E-state index contributed by atoms with van der Waals surface area (Å²) in [6, 6.07) is 3.94. The van der Waals surface area contributed by atoms with Crippen LogP contribution in [0.5, 0.6) is 5.75 Å². The van der Waals surface area contributed by atoms with E-state index in [2.05, 4.69) is 0 Å². The van der Waals surface area contributed by atoms with Gasteiger partial charge in [0.1, 0.15) is 0 Å². The van der Waals surface area contributed by atoms with Crippen molar-refractivity contribution < 1.29 is 14.8 Å². The van der Waals surface area contributed by atoms with E-state index < -0.39 is 17.1 Å². The second-order valence-corrected chi connectivity index (χ2v) is 4.54. The van der Waals surface area contributed by atoms with Crippen molar-refractivity contribution in [2.45, 2.75) is 25.0 Å². The molecule has 2 atom stereocenters. The molecule has 1 aromatic carbocycles. The molecule has 1 aromatic rings. The highest BCUT2D eigenvalue weighted by Gasteiger charge is 2.34. The summed E-state index contributed by atoms with van der Waals surface area (Å²) >= 11 is 0. The number of aliphatic hydroxyl groups excluding tert-OH is 1. The van der Waals surface area contributed by atoms with Crippen LogP contribution in [0.25, 0.3) is 0 Å². The Bertz CT molecular complexity index is 459. The fourth-order valence-corrected chi connectivity index (χ4v) is 1.99. The monoisotopic (exact) mass is 252 g/mol. The van der Waals surface area contributed by atoms with Crippen LogP contribution in [0.4, 0.5) is 5.69 Å².